The van der Waals surface area contributed by atoms with E-state index in [1.807, 2.05) is 37.3 Å². The number of nitrogens with zero attached hydrogens (tertiary/aromatic N) is 1. The van der Waals surface area contributed by atoms with E-state index in [4.69, 9.17) is 21.1 Å². The second kappa shape index (κ2) is 9.67. The molecule has 2 heterocycles. The summed E-state index contributed by atoms with van der Waals surface area (Å²) in [4.78, 5) is 33.0. The van der Waals surface area contributed by atoms with Crippen LogP contribution < -0.4 is 20.3 Å². The molecule has 32 heavy (non-hydrogen) atoms. The van der Waals surface area contributed by atoms with Gasteiger partial charge in [-0.2, -0.15) is 0 Å². The molecule has 1 aliphatic rings. The van der Waals surface area contributed by atoms with Gasteiger partial charge in [-0.05, 0) is 30.7 Å². The Morgan fingerprint density at radius 3 is 2.78 bits per heavy atom. The quantitative estimate of drug-likeness (QED) is 0.386. The highest BCUT2D eigenvalue weighted by molar-refractivity contribution is 7.98. The van der Waals surface area contributed by atoms with E-state index >= 15 is 0 Å². The maximum Gasteiger partial charge on any atom is 0.257 e. The van der Waals surface area contributed by atoms with Crippen molar-refractivity contribution in [2.24, 2.45) is 0 Å². The molecule has 9 heteroatoms. The third-order valence-corrected chi connectivity index (χ3v) is 6.27. The number of aromatic nitrogens is 2. The number of H-pyrrole nitrogens is 1. The number of nitrogens with one attached hydrogen (secondary N) is 2. The van der Waals surface area contributed by atoms with E-state index < -0.39 is 5.92 Å². The number of para-hydroxylation sites is 1. The zero-order chi connectivity index (χ0) is 22.7. The average molecular weight is 472 g/mol. The first-order chi connectivity index (χ1) is 15.5. The van der Waals surface area contributed by atoms with Crippen molar-refractivity contribution in [3.8, 4) is 11.5 Å². The Bertz CT molecular complexity index is 1210. The number of fused-ring (bicyclic) bond motifs is 1. The van der Waals surface area contributed by atoms with Crippen LogP contribution >= 0.6 is 23.4 Å². The first-order valence-corrected chi connectivity index (χ1v) is 11.5. The van der Waals surface area contributed by atoms with Crippen LogP contribution in [-0.2, 0) is 10.5 Å². The highest BCUT2D eigenvalue weighted by Gasteiger charge is 2.33. The monoisotopic (exact) mass is 471 g/mol. The summed E-state index contributed by atoms with van der Waals surface area (Å²) in [6.45, 7) is 2.29. The van der Waals surface area contributed by atoms with Crippen LogP contribution in [-0.4, -0.2) is 29.6 Å². The van der Waals surface area contributed by atoms with Crippen LogP contribution in [0.2, 0.25) is 5.02 Å². The highest BCUT2D eigenvalue weighted by Crippen LogP contribution is 2.42. The number of anilines is 1. The molecule has 1 aromatic heterocycles. The molecule has 3 aromatic rings. The van der Waals surface area contributed by atoms with Gasteiger partial charge in [0, 0.05) is 28.7 Å². The van der Waals surface area contributed by atoms with Crippen molar-refractivity contribution in [1.29, 1.82) is 0 Å². The van der Waals surface area contributed by atoms with Crippen LogP contribution in [0.25, 0.3) is 0 Å². The molecule has 0 unspecified atom stereocenters. The number of aromatic amines is 1. The first kappa shape index (κ1) is 22.2. The number of halogens is 1. The van der Waals surface area contributed by atoms with Gasteiger partial charge in [-0.1, -0.05) is 47.6 Å². The van der Waals surface area contributed by atoms with Crippen LogP contribution in [0.1, 0.15) is 36.0 Å². The Kier molecular flexibility index (Phi) is 6.72. The van der Waals surface area contributed by atoms with Gasteiger partial charge < -0.3 is 19.8 Å². The summed E-state index contributed by atoms with van der Waals surface area (Å²) in [5.74, 6) is 1.21. The standard InChI is InChI=1S/C23H22ClN3O4S/c1-3-31-20-15(8-5-9-17(20)30-2)16-11-18(28)25-21-19(16)22(29)27-23(26-21)32-12-13-6-4-7-14(24)10-13/h4-10,16H,3,11-12H2,1-2H3,(H2,25,26,27,28,29)/t16-/m1/s1. The van der Waals surface area contributed by atoms with Crippen molar-refractivity contribution in [2.45, 2.75) is 30.2 Å². The lowest BCUT2D eigenvalue weighted by atomic mass is 9.86. The van der Waals surface area contributed by atoms with E-state index in [2.05, 4.69) is 15.3 Å². The maximum absolute atomic E-state index is 13.1. The summed E-state index contributed by atoms with van der Waals surface area (Å²) >= 11 is 7.41. The molecular weight excluding hydrogens is 450 g/mol. The topological polar surface area (TPSA) is 93.3 Å². The van der Waals surface area contributed by atoms with Crippen LogP contribution in [0.4, 0.5) is 5.82 Å². The Morgan fingerprint density at radius 2 is 2.03 bits per heavy atom. The van der Waals surface area contributed by atoms with Crippen LogP contribution in [0.5, 0.6) is 11.5 Å². The molecule has 0 bridgehead atoms. The van der Waals surface area contributed by atoms with Gasteiger partial charge in [0.15, 0.2) is 16.7 Å². The predicted molar refractivity (Wildman–Crippen MR) is 125 cm³/mol. The van der Waals surface area contributed by atoms with E-state index in [0.717, 1.165) is 5.56 Å². The summed E-state index contributed by atoms with van der Waals surface area (Å²) in [7, 11) is 1.56. The lowest BCUT2D eigenvalue weighted by Crippen LogP contribution is -2.31. The molecule has 2 N–H and O–H groups in total. The number of benzene rings is 2. The summed E-state index contributed by atoms with van der Waals surface area (Å²) in [5, 5.41) is 3.82. The molecule has 0 radical (unpaired) electrons. The van der Waals surface area contributed by atoms with Crippen molar-refractivity contribution in [1.82, 2.24) is 9.97 Å². The molecular formula is C23H22ClN3O4S. The molecule has 0 saturated carbocycles. The maximum atomic E-state index is 13.1. The summed E-state index contributed by atoms with van der Waals surface area (Å²) < 4.78 is 11.3. The zero-order valence-electron chi connectivity index (χ0n) is 17.6. The van der Waals surface area contributed by atoms with Crippen molar-refractivity contribution in [3.63, 3.8) is 0 Å². The second-order valence-corrected chi connectivity index (χ2v) is 8.57. The summed E-state index contributed by atoms with van der Waals surface area (Å²) in [6.07, 6.45) is 0.111. The summed E-state index contributed by atoms with van der Waals surface area (Å²) in [6, 6.07) is 12.9. The summed E-state index contributed by atoms with van der Waals surface area (Å²) in [5.41, 5.74) is 1.83. The fourth-order valence-electron chi connectivity index (χ4n) is 3.73. The van der Waals surface area contributed by atoms with Crippen LogP contribution in [0.3, 0.4) is 0 Å². The number of carbonyl (C=O) groups excluding carboxylic acids is 1. The van der Waals surface area contributed by atoms with Gasteiger partial charge in [0.05, 0.1) is 19.3 Å². The van der Waals surface area contributed by atoms with Gasteiger partial charge >= 0.3 is 0 Å². The number of amides is 1. The van der Waals surface area contributed by atoms with Gasteiger partial charge in [-0.25, -0.2) is 4.98 Å². The molecule has 166 valence electrons. The molecule has 0 spiro atoms. The van der Waals surface area contributed by atoms with Crippen molar-refractivity contribution < 1.29 is 14.3 Å². The minimum atomic E-state index is -0.501. The normalized spacial score (nSPS) is 15.1. The third kappa shape index (κ3) is 4.61. The van der Waals surface area contributed by atoms with E-state index in [0.29, 0.717) is 45.2 Å². The Hall–Kier alpha value is -2.97. The van der Waals surface area contributed by atoms with Gasteiger partial charge in [0.25, 0.3) is 5.56 Å². The molecule has 1 atom stereocenters. The van der Waals surface area contributed by atoms with E-state index in [1.165, 1.54) is 11.8 Å². The molecule has 0 fully saturated rings. The van der Waals surface area contributed by atoms with Crippen molar-refractivity contribution in [3.05, 3.63) is 74.5 Å². The fourth-order valence-corrected chi connectivity index (χ4v) is 4.75. The largest absolute Gasteiger partial charge is 0.493 e. The van der Waals surface area contributed by atoms with Gasteiger partial charge in [0.2, 0.25) is 5.91 Å². The number of carbonyl (C=O) groups is 1. The molecule has 1 amide bonds. The average Bonchev–Trinajstić information content (AvgIpc) is 2.77. The molecule has 7 nitrogen and oxygen atoms in total. The minimum Gasteiger partial charge on any atom is -0.493 e. The Balaban J connectivity index is 1.71. The van der Waals surface area contributed by atoms with E-state index in [9.17, 15) is 9.59 Å². The van der Waals surface area contributed by atoms with Crippen molar-refractivity contribution in [2.75, 3.05) is 19.0 Å². The molecule has 4 rings (SSSR count). The van der Waals surface area contributed by atoms with Crippen molar-refractivity contribution >= 4 is 35.1 Å². The Morgan fingerprint density at radius 1 is 1.22 bits per heavy atom. The number of ether oxygens (including phenoxy) is 2. The third-order valence-electron chi connectivity index (χ3n) is 5.09. The van der Waals surface area contributed by atoms with E-state index in [1.54, 1.807) is 19.2 Å². The first-order valence-electron chi connectivity index (χ1n) is 10.1. The number of hydrogen-bond donors (Lipinski definition) is 2. The number of methoxy groups -OCH3 is 1. The smallest absolute Gasteiger partial charge is 0.257 e. The lowest BCUT2D eigenvalue weighted by Gasteiger charge is -2.26. The van der Waals surface area contributed by atoms with E-state index in [-0.39, 0.29) is 23.7 Å². The molecule has 2 aromatic carbocycles. The minimum absolute atomic E-state index is 0.111. The molecule has 0 aliphatic carbocycles. The lowest BCUT2D eigenvalue weighted by molar-refractivity contribution is -0.116. The highest BCUT2D eigenvalue weighted by atomic mass is 35.5. The molecule has 0 saturated heterocycles. The van der Waals surface area contributed by atoms with Gasteiger partial charge in [-0.3, -0.25) is 9.59 Å². The van der Waals surface area contributed by atoms with Crippen LogP contribution in [0, 0.1) is 0 Å². The molecule has 1 aliphatic heterocycles. The fraction of sp³-hybridized carbons (Fsp3) is 0.261. The number of rotatable bonds is 7. The van der Waals surface area contributed by atoms with Gasteiger partial charge in [-0.15, -0.1) is 0 Å². The predicted octanol–water partition coefficient (Wildman–Crippen LogP) is 4.60. The van der Waals surface area contributed by atoms with Crippen LogP contribution in [0.15, 0.2) is 52.4 Å². The SMILES string of the molecule is CCOc1c(OC)cccc1[C@H]1CC(=O)Nc2nc(SCc3cccc(Cl)c3)[nH]c(=O)c21. The Labute approximate surface area is 194 Å². The second-order valence-electron chi connectivity index (χ2n) is 7.17. The van der Waals surface area contributed by atoms with Gasteiger partial charge in [0.1, 0.15) is 5.82 Å². The number of thioether (sulfide) groups is 1. The zero-order valence-corrected chi connectivity index (χ0v) is 19.2. The number of hydrogen-bond acceptors (Lipinski definition) is 6.